The van der Waals surface area contributed by atoms with Gasteiger partial charge in [-0.05, 0) is 67.8 Å². The molecule has 0 unspecified atom stereocenters. The molecule has 1 aromatic heterocycles. The molecule has 1 aliphatic rings. The number of nitrogens with zero attached hydrogens (tertiary/aromatic N) is 2. The van der Waals surface area contributed by atoms with Crippen molar-refractivity contribution in [2.45, 2.75) is 32.1 Å². The van der Waals surface area contributed by atoms with Gasteiger partial charge in [-0.25, -0.2) is 9.59 Å². The highest BCUT2D eigenvalue weighted by atomic mass is 19.4. The number of pyridine rings is 1. The van der Waals surface area contributed by atoms with Crippen molar-refractivity contribution in [3.8, 4) is 11.5 Å². The highest BCUT2D eigenvalue weighted by molar-refractivity contribution is 6.03. The van der Waals surface area contributed by atoms with Crippen molar-refractivity contribution in [1.82, 2.24) is 10.3 Å². The second kappa shape index (κ2) is 15.2. The minimum Gasteiger partial charge on any atom is -0.475 e. The molecule has 0 saturated carbocycles. The van der Waals surface area contributed by atoms with Crippen LogP contribution in [-0.2, 0) is 22.1 Å². The number of carbonyl (C=O) groups excluding carboxylic acids is 2. The van der Waals surface area contributed by atoms with Crippen LogP contribution in [0.5, 0.6) is 11.5 Å². The Balaban J connectivity index is 0.000000707. The Kier molecular flexibility index (Phi) is 11.7. The Labute approximate surface area is 253 Å². The van der Waals surface area contributed by atoms with Crippen molar-refractivity contribution >= 4 is 29.3 Å². The second-order valence-corrected chi connectivity index (χ2v) is 9.29. The largest absolute Gasteiger partial charge is 0.490 e. The Morgan fingerprint density at radius 3 is 2.38 bits per heavy atom. The van der Waals surface area contributed by atoms with Crippen molar-refractivity contribution in [1.29, 1.82) is 0 Å². The predicted molar refractivity (Wildman–Crippen MR) is 149 cm³/mol. The van der Waals surface area contributed by atoms with Gasteiger partial charge in [0.15, 0.2) is 0 Å². The number of rotatable bonds is 9. The fraction of sp³-hybridized carbons (Fsp3) is 0.310. The first-order chi connectivity index (χ1) is 21.2. The first-order valence-corrected chi connectivity index (χ1v) is 13.4. The molecule has 242 valence electrons. The van der Waals surface area contributed by atoms with E-state index in [4.69, 9.17) is 19.4 Å². The van der Waals surface area contributed by atoms with Crippen molar-refractivity contribution in [3.05, 3.63) is 77.6 Å². The Morgan fingerprint density at radius 2 is 1.71 bits per heavy atom. The Hall–Kier alpha value is -4.86. The van der Waals surface area contributed by atoms with Crippen LogP contribution < -0.4 is 20.3 Å². The van der Waals surface area contributed by atoms with E-state index in [9.17, 15) is 35.9 Å². The van der Waals surface area contributed by atoms with E-state index in [2.05, 4.69) is 15.6 Å². The summed E-state index contributed by atoms with van der Waals surface area (Å²) in [4.78, 5) is 39.6. The number of amides is 3. The third kappa shape index (κ3) is 10.4. The van der Waals surface area contributed by atoms with Crippen molar-refractivity contribution in [3.63, 3.8) is 0 Å². The summed E-state index contributed by atoms with van der Waals surface area (Å²) in [5.74, 6) is -2.13. The van der Waals surface area contributed by atoms with E-state index in [1.54, 1.807) is 30.3 Å². The number of hydrogen-bond acceptors (Lipinski definition) is 6. The zero-order valence-corrected chi connectivity index (χ0v) is 23.7. The van der Waals surface area contributed by atoms with Crippen molar-refractivity contribution < 1.29 is 55.3 Å². The highest BCUT2D eigenvalue weighted by Gasteiger charge is 2.38. The molecule has 0 bridgehead atoms. The summed E-state index contributed by atoms with van der Waals surface area (Å²) in [6.07, 6.45) is -6.85. The molecule has 3 N–H and O–H groups in total. The molecule has 0 saturated heterocycles. The highest BCUT2D eigenvalue weighted by Crippen LogP contribution is 2.34. The summed E-state index contributed by atoms with van der Waals surface area (Å²) in [5, 5.41) is 12.5. The van der Waals surface area contributed by atoms with Gasteiger partial charge in [0.05, 0.1) is 5.56 Å². The quantitative estimate of drug-likeness (QED) is 0.185. The normalized spacial score (nSPS) is 12.5. The van der Waals surface area contributed by atoms with Gasteiger partial charge in [-0.2, -0.15) is 26.3 Å². The molecule has 10 nitrogen and oxygen atoms in total. The lowest BCUT2D eigenvalue weighted by Crippen LogP contribution is -2.33. The number of fused-ring (bicyclic) bond motifs is 1. The number of ether oxygens (including phenoxy) is 2. The van der Waals surface area contributed by atoms with Crippen LogP contribution in [0.3, 0.4) is 0 Å². The molecule has 3 aromatic rings. The van der Waals surface area contributed by atoms with Gasteiger partial charge in [-0.1, -0.05) is 6.07 Å². The Morgan fingerprint density at radius 1 is 1.00 bits per heavy atom. The maximum Gasteiger partial charge on any atom is 0.490 e. The Bertz CT molecular complexity index is 1500. The summed E-state index contributed by atoms with van der Waals surface area (Å²) < 4.78 is 81.9. The first-order valence-electron chi connectivity index (χ1n) is 13.4. The number of anilines is 2. The van der Waals surface area contributed by atoms with E-state index in [-0.39, 0.29) is 17.3 Å². The number of aromatic nitrogens is 1. The van der Waals surface area contributed by atoms with Gasteiger partial charge >= 0.3 is 24.4 Å². The lowest BCUT2D eigenvalue weighted by atomic mass is 10.1. The monoisotopic (exact) mass is 642 g/mol. The van der Waals surface area contributed by atoms with Gasteiger partial charge in [0.1, 0.15) is 17.2 Å². The zero-order chi connectivity index (χ0) is 33.2. The lowest BCUT2D eigenvalue weighted by Gasteiger charge is -2.19. The maximum absolute atomic E-state index is 13.0. The van der Waals surface area contributed by atoms with E-state index in [1.807, 2.05) is 6.92 Å². The number of halogens is 6. The first kappa shape index (κ1) is 34.6. The van der Waals surface area contributed by atoms with Gasteiger partial charge in [0.25, 0.3) is 5.91 Å². The van der Waals surface area contributed by atoms with Crippen LogP contribution in [0.2, 0.25) is 0 Å². The summed E-state index contributed by atoms with van der Waals surface area (Å²) in [6.45, 7) is 3.94. The molecular weight excluding hydrogens is 614 g/mol. The lowest BCUT2D eigenvalue weighted by molar-refractivity contribution is -0.192. The third-order valence-electron chi connectivity index (χ3n) is 6.03. The van der Waals surface area contributed by atoms with Gasteiger partial charge in [0.2, 0.25) is 0 Å². The molecule has 4 rings (SSSR count). The molecule has 1 aliphatic heterocycles. The van der Waals surface area contributed by atoms with Crippen LogP contribution in [0.1, 0.15) is 35.0 Å². The molecule has 0 radical (unpaired) electrons. The molecule has 3 amide bonds. The molecule has 16 heteroatoms. The second-order valence-electron chi connectivity index (χ2n) is 9.29. The van der Waals surface area contributed by atoms with Crippen molar-refractivity contribution in [2.75, 3.05) is 36.5 Å². The van der Waals surface area contributed by atoms with Crippen LogP contribution >= 0.6 is 0 Å². The average molecular weight is 643 g/mol. The number of carbonyl (C=O) groups is 3. The topological polar surface area (TPSA) is 130 Å². The SMILES string of the molecule is CCOCCCNC(=O)c1cc(Oc2ccc3c(c2)CCN3C(=O)Nc2cccc(C(F)(F)F)c2)ccn1.O=C(O)C(F)(F)F. The number of nitrogens with one attached hydrogen (secondary N) is 2. The molecular formula is C29H28F6N4O6. The van der Waals surface area contributed by atoms with Gasteiger partial charge < -0.3 is 25.2 Å². The predicted octanol–water partition coefficient (Wildman–Crippen LogP) is 6.28. The van der Waals surface area contributed by atoms with Crippen LogP contribution in [0.15, 0.2) is 60.8 Å². The minimum absolute atomic E-state index is 0.0602. The van der Waals surface area contributed by atoms with E-state index in [1.165, 1.54) is 23.2 Å². The van der Waals surface area contributed by atoms with E-state index >= 15 is 0 Å². The average Bonchev–Trinajstić information content (AvgIpc) is 3.40. The van der Waals surface area contributed by atoms with Gasteiger partial charge in [-0.3, -0.25) is 14.7 Å². The fourth-order valence-electron chi connectivity index (χ4n) is 3.96. The molecule has 2 aromatic carbocycles. The summed E-state index contributed by atoms with van der Waals surface area (Å²) in [6, 6.07) is 12.3. The van der Waals surface area contributed by atoms with Crippen LogP contribution in [0, 0.1) is 0 Å². The van der Waals surface area contributed by atoms with E-state index < -0.39 is 29.9 Å². The summed E-state index contributed by atoms with van der Waals surface area (Å²) >= 11 is 0. The molecule has 0 fully saturated rings. The zero-order valence-electron chi connectivity index (χ0n) is 23.7. The number of carboxylic acid groups (broad SMARTS) is 1. The smallest absolute Gasteiger partial charge is 0.475 e. The number of urea groups is 1. The van der Waals surface area contributed by atoms with Crippen molar-refractivity contribution in [2.24, 2.45) is 0 Å². The number of alkyl halides is 6. The fourth-order valence-corrected chi connectivity index (χ4v) is 3.96. The van der Waals surface area contributed by atoms with Crippen LogP contribution in [-0.4, -0.2) is 60.5 Å². The van der Waals surface area contributed by atoms with E-state index in [0.717, 1.165) is 17.7 Å². The molecule has 45 heavy (non-hydrogen) atoms. The van der Waals surface area contributed by atoms with Crippen LogP contribution in [0.4, 0.5) is 42.5 Å². The number of benzene rings is 2. The van der Waals surface area contributed by atoms with Gasteiger partial charge in [-0.15, -0.1) is 0 Å². The van der Waals surface area contributed by atoms with Crippen LogP contribution in [0.25, 0.3) is 0 Å². The minimum atomic E-state index is -5.08. The third-order valence-corrected chi connectivity index (χ3v) is 6.03. The number of hydrogen-bond donors (Lipinski definition) is 3. The van der Waals surface area contributed by atoms with Gasteiger partial charge in [0, 0.05) is 49.9 Å². The molecule has 0 spiro atoms. The molecule has 0 aliphatic carbocycles. The van der Waals surface area contributed by atoms with E-state index in [0.29, 0.717) is 56.3 Å². The number of carboxylic acids is 1. The summed E-state index contributed by atoms with van der Waals surface area (Å²) in [7, 11) is 0. The standard InChI is InChI=1S/C27H27F3N4O4.C2HF3O2/c1-2-37-14-4-11-32-25(35)23-17-22(9-12-31-23)38-21-7-8-24-18(15-21)10-13-34(24)26(36)33-20-6-3-5-19(16-20)27(28,29)30;3-2(4,5)1(6)7/h3,5-9,12,15-17H,2,4,10-11,13-14H2,1H3,(H,32,35)(H,33,36);(H,6,7). The number of aliphatic carboxylic acids is 1. The summed E-state index contributed by atoms with van der Waals surface area (Å²) in [5.41, 5.74) is 0.937. The maximum atomic E-state index is 13.0. The molecule has 2 heterocycles. The molecule has 0 atom stereocenters.